The summed E-state index contributed by atoms with van der Waals surface area (Å²) in [5.41, 5.74) is 2.51. The van der Waals surface area contributed by atoms with Crippen LogP contribution in [0.1, 0.15) is 26.5 Å². The largest absolute Gasteiger partial charge is 0.384 e. The number of rotatable bonds is 3. The summed E-state index contributed by atoms with van der Waals surface area (Å²) < 4.78 is 3.78. The second-order valence-electron chi connectivity index (χ2n) is 4.51. The van der Waals surface area contributed by atoms with E-state index in [4.69, 9.17) is 5.11 Å². The molecule has 0 bridgehead atoms. The van der Waals surface area contributed by atoms with Gasteiger partial charge in [0, 0.05) is 19.2 Å². The Balaban J connectivity index is 2.04. The van der Waals surface area contributed by atoms with Crippen molar-refractivity contribution in [2.45, 2.75) is 13.5 Å². The van der Waals surface area contributed by atoms with E-state index in [9.17, 15) is 4.79 Å². The van der Waals surface area contributed by atoms with E-state index in [0.717, 1.165) is 22.7 Å². The van der Waals surface area contributed by atoms with Crippen LogP contribution in [-0.4, -0.2) is 39.2 Å². The molecule has 0 fully saturated rings. The average molecular weight is 301 g/mol. The molecule has 1 amide bonds. The fraction of sp³-hybridized carbons (Fsp3) is 0.267. The van der Waals surface area contributed by atoms with Crippen molar-refractivity contribution in [3.8, 4) is 11.8 Å². The molecule has 1 heterocycles. The van der Waals surface area contributed by atoms with Crippen molar-refractivity contribution in [2.75, 3.05) is 13.7 Å². The highest BCUT2D eigenvalue weighted by Gasteiger charge is 2.17. The molecule has 0 spiro atoms. The van der Waals surface area contributed by atoms with Gasteiger partial charge in [0.2, 0.25) is 0 Å². The third-order valence-electron chi connectivity index (χ3n) is 2.88. The second kappa shape index (κ2) is 6.97. The van der Waals surface area contributed by atoms with Crippen molar-refractivity contribution in [2.24, 2.45) is 0 Å². The lowest BCUT2D eigenvalue weighted by molar-refractivity contribution is 0.0789. The molecule has 2 aromatic rings. The summed E-state index contributed by atoms with van der Waals surface area (Å²) in [6.07, 6.45) is 0. The minimum Gasteiger partial charge on any atom is -0.384 e. The summed E-state index contributed by atoms with van der Waals surface area (Å²) in [5, 5.41) is 12.5. The van der Waals surface area contributed by atoms with E-state index >= 15 is 0 Å². The molecule has 0 unspecified atom stereocenters. The topological polar surface area (TPSA) is 66.3 Å². The van der Waals surface area contributed by atoms with Gasteiger partial charge in [0.25, 0.3) is 5.91 Å². The van der Waals surface area contributed by atoms with Crippen molar-refractivity contribution in [1.82, 2.24) is 14.5 Å². The van der Waals surface area contributed by atoms with Crippen LogP contribution < -0.4 is 0 Å². The van der Waals surface area contributed by atoms with Gasteiger partial charge in [-0.25, -0.2) is 0 Å². The minimum atomic E-state index is -0.152. The van der Waals surface area contributed by atoms with Crippen LogP contribution in [0.2, 0.25) is 0 Å². The highest BCUT2D eigenvalue weighted by atomic mass is 32.1. The maximum atomic E-state index is 12.2. The number of amides is 1. The Hall–Kier alpha value is -2.23. The molecule has 0 atom stereocenters. The fourth-order valence-electron chi connectivity index (χ4n) is 1.78. The molecule has 2 rings (SSSR count). The molecule has 1 N–H and O–H groups in total. The van der Waals surface area contributed by atoms with Gasteiger partial charge >= 0.3 is 0 Å². The number of aliphatic hydroxyl groups excluding tert-OH is 1. The zero-order valence-corrected chi connectivity index (χ0v) is 12.6. The Labute approximate surface area is 127 Å². The summed E-state index contributed by atoms with van der Waals surface area (Å²) >= 11 is 1.11. The number of aliphatic hydroxyl groups is 1. The van der Waals surface area contributed by atoms with Gasteiger partial charge in [-0.15, -0.1) is 5.10 Å². The van der Waals surface area contributed by atoms with Crippen LogP contribution in [-0.2, 0) is 6.54 Å². The Bertz CT molecular complexity index is 683. The number of aromatic nitrogens is 2. The van der Waals surface area contributed by atoms with Crippen LogP contribution in [0.3, 0.4) is 0 Å². The molecule has 0 aliphatic heterocycles. The van der Waals surface area contributed by atoms with Crippen LogP contribution in [0.15, 0.2) is 24.3 Å². The number of hydrogen-bond donors (Lipinski definition) is 1. The van der Waals surface area contributed by atoms with Crippen LogP contribution >= 0.6 is 11.5 Å². The number of benzene rings is 1. The molecule has 1 aromatic heterocycles. The number of carbonyl (C=O) groups is 1. The molecule has 1 aromatic carbocycles. The third-order valence-corrected chi connectivity index (χ3v) is 3.69. The van der Waals surface area contributed by atoms with Crippen LogP contribution in [0.4, 0.5) is 0 Å². The zero-order chi connectivity index (χ0) is 15.2. The summed E-state index contributed by atoms with van der Waals surface area (Å²) in [4.78, 5) is 14.5. The highest BCUT2D eigenvalue weighted by Crippen LogP contribution is 2.14. The quantitative estimate of drug-likeness (QED) is 0.872. The van der Waals surface area contributed by atoms with Crippen molar-refractivity contribution in [3.63, 3.8) is 0 Å². The Kier molecular flexibility index (Phi) is 5.04. The van der Waals surface area contributed by atoms with Crippen molar-refractivity contribution in [1.29, 1.82) is 0 Å². The van der Waals surface area contributed by atoms with Crippen LogP contribution in [0.25, 0.3) is 0 Å². The maximum Gasteiger partial charge on any atom is 0.267 e. The zero-order valence-electron chi connectivity index (χ0n) is 11.8. The van der Waals surface area contributed by atoms with Crippen molar-refractivity contribution >= 4 is 17.4 Å². The van der Waals surface area contributed by atoms with Crippen LogP contribution in [0.5, 0.6) is 0 Å². The van der Waals surface area contributed by atoms with E-state index in [-0.39, 0.29) is 12.5 Å². The minimum absolute atomic E-state index is 0.0772. The summed E-state index contributed by atoms with van der Waals surface area (Å²) in [5.74, 6) is 5.35. The van der Waals surface area contributed by atoms with E-state index in [1.807, 2.05) is 24.3 Å². The van der Waals surface area contributed by atoms with Crippen molar-refractivity contribution < 1.29 is 9.90 Å². The summed E-state index contributed by atoms with van der Waals surface area (Å²) in [7, 11) is 1.75. The highest BCUT2D eigenvalue weighted by molar-refractivity contribution is 7.07. The smallest absolute Gasteiger partial charge is 0.267 e. The van der Waals surface area contributed by atoms with Gasteiger partial charge in [-0.1, -0.05) is 28.5 Å². The number of hydrogen-bond acceptors (Lipinski definition) is 5. The van der Waals surface area contributed by atoms with Gasteiger partial charge in [0.05, 0.1) is 5.69 Å². The lowest BCUT2D eigenvalue weighted by Gasteiger charge is -2.16. The van der Waals surface area contributed by atoms with E-state index in [2.05, 4.69) is 21.4 Å². The molecule has 0 aliphatic rings. The summed E-state index contributed by atoms with van der Waals surface area (Å²) in [6.45, 7) is 2.13. The van der Waals surface area contributed by atoms with Crippen molar-refractivity contribution in [3.05, 3.63) is 46.0 Å². The molecule has 0 radical (unpaired) electrons. The lowest BCUT2D eigenvalue weighted by Crippen LogP contribution is -2.26. The van der Waals surface area contributed by atoms with E-state index < -0.39 is 0 Å². The maximum absolute atomic E-state index is 12.2. The molecule has 21 heavy (non-hydrogen) atoms. The molecular weight excluding hydrogens is 286 g/mol. The standard InChI is InChI=1S/C15H15N3O2S/c1-11-14(21-17-16-11)15(20)18(2)10-13-7-5-12(6-8-13)4-3-9-19/h5-8,19H,9-10H2,1-2H3. The Morgan fingerprint density at radius 3 is 2.67 bits per heavy atom. The Morgan fingerprint density at radius 1 is 1.38 bits per heavy atom. The Morgan fingerprint density at radius 2 is 2.10 bits per heavy atom. The summed E-state index contributed by atoms with van der Waals surface area (Å²) in [6, 6.07) is 7.58. The molecule has 6 heteroatoms. The molecular formula is C15H15N3O2S. The first-order chi connectivity index (χ1) is 10.1. The SMILES string of the molecule is Cc1nnsc1C(=O)N(C)Cc1ccc(C#CCO)cc1. The predicted molar refractivity (Wildman–Crippen MR) is 80.8 cm³/mol. The van der Waals surface area contributed by atoms with Gasteiger partial charge in [0.15, 0.2) is 0 Å². The van der Waals surface area contributed by atoms with E-state index in [1.165, 1.54) is 0 Å². The first-order valence-electron chi connectivity index (χ1n) is 6.35. The second-order valence-corrected chi connectivity index (χ2v) is 5.26. The molecule has 0 saturated carbocycles. The van der Waals surface area contributed by atoms with Gasteiger partial charge in [-0.2, -0.15) is 0 Å². The number of nitrogens with zero attached hydrogens (tertiary/aromatic N) is 3. The van der Waals surface area contributed by atoms with Gasteiger partial charge in [0.1, 0.15) is 11.5 Å². The lowest BCUT2D eigenvalue weighted by atomic mass is 10.1. The normalized spacial score (nSPS) is 9.86. The first-order valence-corrected chi connectivity index (χ1v) is 7.12. The molecule has 0 saturated heterocycles. The van der Waals surface area contributed by atoms with Gasteiger partial charge < -0.3 is 10.0 Å². The molecule has 5 nitrogen and oxygen atoms in total. The van der Waals surface area contributed by atoms with Gasteiger partial charge in [-0.3, -0.25) is 4.79 Å². The first kappa shape index (κ1) is 15.2. The molecule has 108 valence electrons. The average Bonchev–Trinajstić information content (AvgIpc) is 2.92. The van der Waals surface area contributed by atoms with E-state index in [0.29, 0.717) is 17.1 Å². The monoisotopic (exact) mass is 301 g/mol. The number of aryl methyl sites for hydroxylation is 1. The van der Waals surface area contributed by atoms with Gasteiger partial charge in [-0.05, 0) is 36.2 Å². The third kappa shape index (κ3) is 3.88. The number of carbonyl (C=O) groups excluding carboxylic acids is 1. The molecule has 0 aliphatic carbocycles. The predicted octanol–water partition coefficient (Wildman–Crippen LogP) is 1.46. The van der Waals surface area contributed by atoms with Crippen LogP contribution in [0, 0.1) is 18.8 Å². The fourth-order valence-corrected chi connectivity index (χ4v) is 2.43. The van der Waals surface area contributed by atoms with E-state index in [1.54, 1.807) is 18.9 Å².